The second-order valence-electron chi connectivity index (χ2n) is 3.44. The van der Waals surface area contributed by atoms with Crippen molar-refractivity contribution in [2.45, 2.75) is 12.3 Å². The van der Waals surface area contributed by atoms with Crippen LogP contribution in [0.15, 0.2) is 18.3 Å². The zero-order valence-corrected chi connectivity index (χ0v) is 10.8. The minimum atomic E-state index is 0.471. The van der Waals surface area contributed by atoms with Crippen LogP contribution in [0.1, 0.15) is 12.0 Å². The van der Waals surface area contributed by atoms with Gasteiger partial charge in [-0.3, -0.25) is 0 Å². The highest BCUT2D eigenvalue weighted by Crippen LogP contribution is 2.11. The average molecular weight is 260 g/mol. The molecule has 0 unspecified atom stereocenters. The molecule has 5 heteroatoms. The highest BCUT2D eigenvalue weighted by molar-refractivity contribution is 6.17. The van der Waals surface area contributed by atoms with E-state index in [1.165, 1.54) is 0 Å². The number of nitrogens with zero attached hydrogens (tertiary/aromatic N) is 1. The van der Waals surface area contributed by atoms with Gasteiger partial charge in [0.2, 0.25) is 5.88 Å². The van der Waals surface area contributed by atoms with Crippen molar-refractivity contribution in [3.8, 4) is 5.88 Å². The van der Waals surface area contributed by atoms with Gasteiger partial charge in [0.05, 0.1) is 19.8 Å². The Kier molecular flexibility index (Phi) is 7.71. The third-order valence-electron chi connectivity index (χ3n) is 2.07. The van der Waals surface area contributed by atoms with Crippen LogP contribution in [-0.4, -0.2) is 38.5 Å². The number of aromatic nitrogens is 1. The molecule has 0 spiro atoms. The number of alkyl halides is 1. The van der Waals surface area contributed by atoms with Crippen molar-refractivity contribution in [2.24, 2.45) is 0 Å². The van der Waals surface area contributed by atoms with Gasteiger partial charge in [-0.15, -0.1) is 11.6 Å². The van der Waals surface area contributed by atoms with Crippen LogP contribution in [0.3, 0.4) is 0 Å². The van der Waals surface area contributed by atoms with E-state index >= 15 is 0 Å². The molecule has 0 saturated heterocycles. The molecule has 0 aliphatic heterocycles. The minimum Gasteiger partial charge on any atom is -0.478 e. The van der Waals surface area contributed by atoms with Gasteiger partial charge in [-0.05, 0) is 11.6 Å². The van der Waals surface area contributed by atoms with Gasteiger partial charge < -0.3 is 14.2 Å². The maximum absolute atomic E-state index is 5.72. The van der Waals surface area contributed by atoms with Gasteiger partial charge in [-0.2, -0.15) is 0 Å². The van der Waals surface area contributed by atoms with Crippen LogP contribution >= 0.6 is 11.6 Å². The number of rotatable bonds is 9. The number of methoxy groups -OCH3 is 1. The van der Waals surface area contributed by atoms with E-state index in [4.69, 9.17) is 25.8 Å². The van der Waals surface area contributed by atoms with E-state index in [2.05, 4.69) is 4.98 Å². The molecule has 0 radical (unpaired) electrons. The van der Waals surface area contributed by atoms with Crippen LogP contribution in [0.5, 0.6) is 5.88 Å². The monoisotopic (exact) mass is 259 g/mol. The maximum atomic E-state index is 5.72. The van der Waals surface area contributed by atoms with Crippen molar-refractivity contribution in [1.29, 1.82) is 0 Å². The van der Waals surface area contributed by atoms with Gasteiger partial charge in [0.1, 0.15) is 0 Å². The van der Waals surface area contributed by atoms with Gasteiger partial charge in [0.15, 0.2) is 0 Å². The zero-order valence-electron chi connectivity index (χ0n) is 10.0. The summed E-state index contributed by atoms with van der Waals surface area (Å²) in [5.74, 6) is 1.08. The van der Waals surface area contributed by atoms with E-state index < -0.39 is 0 Å². The van der Waals surface area contributed by atoms with Gasteiger partial charge in [-0.25, -0.2) is 4.98 Å². The molecule has 0 saturated carbocycles. The summed E-state index contributed by atoms with van der Waals surface area (Å²) in [5.41, 5.74) is 1.01. The second-order valence-corrected chi connectivity index (χ2v) is 3.71. The Bertz CT molecular complexity index is 310. The molecule has 4 nitrogen and oxygen atoms in total. The van der Waals surface area contributed by atoms with E-state index in [-0.39, 0.29) is 0 Å². The van der Waals surface area contributed by atoms with E-state index in [9.17, 15) is 0 Å². The fourth-order valence-corrected chi connectivity index (χ4v) is 1.36. The largest absolute Gasteiger partial charge is 0.478 e. The SMILES string of the molecule is COCCOCCCOc1cc(CCl)ccn1. The molecule has 0 aliphatic rings. The maximum Gasteiger partial charge on any atom is 0.213 e. The predicted octanol–water partition coefficient (Wildman–Crippen LogP) is 2.25. The second kappa shape index (κ2) is 9.22. The molecule has 0 N–H and O–H groups in total. The van der Waals surface area contributed by atoms with Crippen molar-refractivity contribution >= 4 is 11.6 Å². The molecule has 0 aromatic carbocycles. The van der Waals surface area contributed by atoms with Crippen molar-refractivity contribution in [3.63, 3.8) is 0 Å². The van der Waals surface area contributed by atoms with Crippen LogP contribution in [0.25, 0.3) is 0 Å². The van der Waals surface area contributed by atoms with Crippen molar-refractivity contribution in [1.82, 2.24) is 4.98 Å². The van der Waals surface area contributed by atoms with Gasteiger partial charge in [0, 0.05) is 38.3 Å². The lowest BCUT2D eigenvalue weighted by atomic mass is 10.3. The van der Waals surface area contributed by atoms with E-state index in [0.29, 0.717) is 38.2 Å². The number of halogens is 1. The molecule has 0 atom stereocenters. The summed E-state index contributed by atoms with van der Waals surface area (Å²) in [4.78, 5) is 4.09. The van der Waals surface area contributed by atoms with E-state index in [1.807, 2.05) is 12.1 Å². The standard InChI is InChI=1S/C12H18ClNO3/c1-15-7-8-16-5-2-6-17-12-9-11(10-13)3-4-14-12/h3-4,9H,2,5-8,10H2,1H3. The normalized spacial score (nSPS) is 10.5. The van der Waals surface area contributed by atoms with E-state index in [1.54, 1.807) is 13.3 Å². The average Bonchev–Trinajstić information content (AvgIpc) is 2.38. The summed E-state index contributed by atoms with van der Waals surface area (Å²) in [6, 6.07) is 3.71. The molecule has 0 bridgehead atoms. The Morgan fingerprint density at radius 2 is 2.12 bits per heavy atom. The van der Waals surface area contributed by atoms with Crippen molar-refractivity contribution in [2.75, 3.05) is 33.5 Å². The predicted molar refractivity (Wildman–Crippen MR) is 66.6 cm³/mol. The zero-order chi connectivity index (χ0) is 12.3. The fourth-order valence-electron chi connectivity index (χ4n) is 1.19. The number of hydrogen-bond acceptors (Lipinski definition) is 4. The lowest BCUT2D eigenvalue weighted by molar-refractivity contribution is 0.0642. The van der Waals surface area contributed by atoms with Crippen molar-refractivity contribution in [3.05, 3.63) is 23.9 Å². The first-order valence-corrected chi connectivity index (χ1v) is 6.10. The van der Waals surface area contributed by atoms with Crippen LogP contribution in [0.4, 0.5) is 0 Å². The smallest absolute Gasteiger partial charge is 0.213 e. The first-order chi connectivity index (χ1) is 8.36. The summed E-state index contributed by atoms with van der Waals surface area (Å²) in [5, 5.41) is 0. The molecule has 96 valence electrons. The first-order valence-electron chi connectivity index (χ1n) is 5.57. The minimum absolute atomic E-state index is 0.471. The van der Waals surface area contributed by atoms with Gasteiger partial charge in [0.25, 0.3) is 0 Å². The summed E-state index contributed by atoms with van der Waals surface area (Å²) in [7, 11) is 1.65. The molecule has 0 amide bonds. The Morgan fingerprint density at radius 1 is 1.24 bits per heavy atom. The lowest BCUT2D eigenvalue weighted by Gasteiger charge is -2.06. The van der Waals surface area contributed by atoms with E-state index in [0.717, 1.165) is 12.0 Å². The number of pyridine rings is 1. The van der Waals surface area contributed by atoms with Gasteiger partial charge in [-0.1, -0.05) is 0 Å². The van der Waals surface area contributed by atoms with Crippen molar-refractivity contribution < 1.29 is 14.2 Å². The van der Waals surface area contributed by atoms with Gasteiger partial charge >= 0.3 is 0 Å². The molecule has 0 aliphatic carbocycles. The van der Waals surface area contributed by atoms with Crippen LogP contribution in [-0.2, 0) is 15.4 Å². The highest BCUT2D eigenvalue weighted by atomic mass is 35.5. The Labute approximate surface area is 107 Å². The third-order valence-corrected chi connectivity index (χ3v) is 2.38. The number of hydrogen-bond donors (Lipinski definition) is 0. The Balaban J connectivity index is 2.09. The lowest BCUT2D eigenvalue weighted by Crippen LogP contribution is -2.07. The van der Waals surface area contributed by atoms with Crippen LogP contribution in [0, 0.1) is 0 Å². The summed E-state index contributed by atoms with van der Waals surface area (Å²) in [6.45, 7) is 2.50. The molecular formula is C12H18ClNO3. The molecule has 1 aromatic heterocycles. The van der Waals surface area contributed by atoms with Crippen LogP contribution in [0.2, 0.25) is 0 Å². The third kappa shape index (κ3) is 6.46. The number of ether oxygens (including phenoxy) is 3. The Morgan fingerprint density at radius 3 is 2.88 bits per heavy atom. The molecule has 1 aromatic rings. The molecular weight excluding hydrogens is 242 g/mol. The Hall–Kier alpha value is -0.840. The first kappa shape index (κ1) is 14.2. The molecule has 0 fully saturated rings. The topological polar surface area (TPSA) is 40.6 Å². The summed E-state index contributed by atoms with van der Waals surface area (Å²) in [6.07, 6.45) is 2.53. The summed E-state index contributed by atoms with van der Waals surface area (Å²) >= 11 is 5.72. The van der Waals surface area contributed by atoms with Crippen LogP contribution < -0.4 is 4.74 Å². The summed E-state index contributed by atoms with van der Waals surface area (Å²) < 4.78 is 15.6. The molecule has 17 heavy (non-hydrogen) atoms. The molecule has 1 heterocycles. The fraction of sp³-hybridized carbons (Fsp3) is 0.583. The highest BCUT2D eigenvalue weighted by Gasteiger charge is 1.97. The quantitative estimate of drug-likeness (QED) is 0.504. The molecule has 1 rings (SSSR count).